The molecule has 5 atom stereocenters. The van der Waals surface area contributed by atoms with Gasteiger partial charge in [-0.1, -0.05) is 0 Å². The molecular formula is C15H23FN6O3. The van der Waals surface area contributed by atoms with Crippen molar-refractivity contribution in [3.63, 3.8) is 0 Å². The van der Waals surface area contributed by atoms with E-state index in [2.05, 4.69) is 26.4 Å². The Hall–Kier alpha value is -1.78. The third-order valence-electron chi connectivity index (χ3n) is 5.08. The lowest BCUT2D eigenvalue weighted by Crippen LogP contribution is -2.39. The molecule has 3 heterocycles. The van der Waals surface area contributed by atoms with Gasteiger partial charge in [0.05, 0.1) is 38.0 Å². The predicted octanol–water partition coefficient (Wildman–Crippen LogP) is 0.0588. The molecule has 1 saturated carbocycles. The van der Waals surface area contributed by atoms with E-state index in [1.54, 1.807) is 6.20 Å². The lowest BCUT2D eigenvalue weighted by Gasteiger charge is -2.32. The molecule has 0 spiro atoms. The highest BCUT2D eigenvalue weighted by Crippen LogP contribution is 2.38. The Labute approximate surface area is 144 Å². The summed E-state index contributed by atoms with van der Waals surface area (Å²) >= 11 is 0. The molecule has 2 aliphatic heterocycles. The Bertz CT molecular complexity index is 614. The second kappa shape index (κ2) is 7.22. The summed E-state index contributed by atoms with van der Waals surface area (Å²) in [5.74, 6) is 0.325. The molecule has 0 aromatic carbocycles. The van der Waals surface area contributed by atoms with Crippen molar-refractivity contribution >= 4 is 6.09 Å². The van der Waals surface area contributed by atoms with Crippen LogP contribution in [-0.2, 0) is 16.0 Å². The van der Waals surface area contributed by atoms with Gasteiger partial charge in [-0.15, -0.1) is 0 Å². The van der Waals surface area contributed by atoms with E-state index in [-0.39, 0.29) is 31.9 Å². The number of halogens is 1. The number of hydrazine groups is 1. The van der Waals surface area contributed by atoms with E-state index >= 15 is 0 Å². The Morgan fingerprint density at radius 1 is 1.32 bits per heavy atom. The van der Waals surface area contributed by atoms with E-state index in [1.165, 1.54) is 4.80 Å². The third kappa shape index (κ3) is 3.75. The predicted molar refractivity (Wildman–Crippen MR) is 84.2 cm³/mol. The molecule has 4 bridgehead atoms. The van der Waals surface area contributed by atoms with Gasteiger partial charge in [-0.2, -0.15) is 15.0 Å². The zero-order valence-electron chi connectivity index (χ0n) is 13.9. The number of ether oxygens (including phenoxy) is 2. The third-order valence-corrected chi connectivity index (χ3v) is 5.08. The molecule has 25 heavy (non-hydrogen) atoms. The molecule has 10 heteroatoms. The van der Waals surface area contributed by atoms with Crippen molar-refractivity contribution in [2.75, 3.05) is 19.8 Å². The molecule has 1 aliphatic carbocycles. The molecule has 9 nitrogen and oxygen atoms in total. The van der Waals surface area contributed by atoms with E-state index in [9.17, 15) is 9.18 Å². The maximum atomic E-state index is 13.9. The number of rotatable bonds is 0. The number of amides is 1. The second-order valence-corrected chi connectivity index (χ2v) is 6.78. The lowest BCUT2D eigenvalue weighted by molar-refractivity contribution is -0.0159. The summed E-state index contributed by atoms with van der Waals surface area (Å²) in [5.41, 5.74) is 7.49. The fourth-order valence-corrected chi connectivity index (χ4v) is 3.79. The second-order valence-electron chi connectivity index (χ2n) is 6.78. The van der Waals surface area contributed by atoms with Gasteiger partial charge in [-0.05, 0) is 19.3 Å². The van der Waals surface area contributed by atoms with E-state index < -0.39 is 12.3 Å². The molecule has 138 valence electrons. The fraction of sp³-hybridized carbons (Fsp3) is 0.800. The average Bonchev–Trinajstić information content (AvgIpc) is 3.23. The van der Waals surface area contributed by atoms with Crippen LogP contribution in [0.25, 0.3) is 0 Å². The molecule has 0 radical (unpaired) electrons. The monoisotopic (exact) mass is 354 g/mol. The maximum Gasteiger partial charge on any atom is 0.407 e. The molecule has 1 aromatic heterocycles. The summed E-state index contributed by atoms with van der Waals surface area (Å²) < 4.78 is 24.7. The molecule has 3 aliphatic rings. The largest absolute Gasteiger partial charge is 0.448 e. The topological polar surface area (TPSA) is 102 Å². The summed E-state index contributed by atoms with van der Waals surface area (Å²) in [5, 5.41) is 11.1. The van der Waals surface area contributed by atoms with Crippen LogP contribution in [0.15, 0.2) is 6.20 Å². The van der Waals surface area contributed by atoms with Crippen LogP contribution in [0.4, 0.5) is 9.18 Å². The Balaban J connectivity index is 1.51. The number of alkyl halides is 1. The zero-order valence-corrected chi connectivity index (χ0v) is 13.9. The number of carbonyl (C=O) groups is 1. The van der Waals surface area contributed by atoms with Gasteiger partial charge in [-0.25, -0.2) is 14.6 Å². The first-order valence-corrected chi connectivity index (χ1v) is 8.76. The Morgan fingerprint density at radius 2 is 2.24 bits per heavy atom. The highest BCUT2D eigenvalue weighted by Gasteiger charge is 2.42. The van der Waals surface area contributed by atoms with Gasteiger partial charge >= 0.3 is 6.09 Å². The van der Waals surface area contributed by atoms with Crippen LogP contribution in [0, 0.1) is 5.92 Å². The standard InChI is InChI=1S/C15H23FN6O3/c16-9-6-17-15(23)24-4-3-22-18-7-13(21-22)14-11-5-10(25-8-9)1-2-12(11)19-20-14/h7,9-12,14,19-20H,1-6,8H2,(H,17,23)/t9-,10?,11?,12?,14?/m1/s1. The van der Waals surface area contributed by atoms with E-state index in [0.29, 0.717) is 18.5 Å². The Morgan fingerprint density at radius 3 is 3.16 bits per heavy atom. The van der Waals surface area contributed by atoms with Crippen molar-refractivity contribution in [2.24, 2.45) is 5.92 Å². The van der Waals surface area contributed by atoms with Crippen LogP contribution >= 0.6 is 0 Å². The molecule has 3 N–H and O–H groups in total. The normalized spacial score (nSPS) is 36.5. The summed E-state index contributed by atoms with van der Waals surface area (Å²) in [6.45, 7) is 0.335. The molecule has 1 aromatic rings. The van der Waals surface area contributed by atoms with Gasteiger partial charge in [0, 0.05) is 12.0 Å². The fourth-order valence-electron chi connectivity index (χ4n) is 3.79. The van der Waals surface area contributed by atoms with Gasteiger partial charge < -0.3 is 14.8 Å². The number of cyclic esters (lactones) is 1. The van der Waals surface area contributed by atoms with E-state index in [1.807, 2.05) is 0 Å². The molecule has 4 rings (SSSR count). The number of nitrogens with one attached hydrogen (secondary N) is 3. The zero-order chi connectivity index (χ0) is 17.2. The van der Waals surface area contributed by atoms with E-state index in [0.717, 1.165) is 25.0 Å². The highest BCUT2D eigenvalue weighted by molar-refractivity contribution is 5.67. The number of nitrogens with zero attached hydrogens (tertiary/aromatic N) is 3. The average molecular weight is 354 g/mol. The van der Waals surface area contributed by atoms with E-state index in [4.69, 9.17) is 9.47 Å². The number of carbonyl (C=O) groups excluding carboxylic acids is 1. The van der Waals surface area contributed by atoms with Crippen LogP contribution < -0.4 is 16.2 Å². The first-order valence-electron chi connectivity index (χ1n) is 8.76. The molecule has 4 unspecified atom stereocenters. The van der Waals surface area contributed by atoms with Crippen molar-refractivity contribution in [1.82, 2.24) is 31.2 Å². The van der Waals surface area contributed by atoms with Gasteiger partial charge in [-0.3, -0.25) is 5.43 Å². The van der Waals surface area contributed by atoms with Crippen LogP contribution in [0.2, 0.25) is 0 Å². The van der Waals surface area contributed by atoms with Gasteiger partial charge in [0.25, 0.3) is 0 Å². The quantitative estimate of drug-likeness (QED) is 0.605. The van der Waals surface area contributed by atoms with Gasteiger partial charge in [0.1, 0.15) is 18.5 Å². The van der Waals surface area contributed by atoms with Crippen molar-refractivity contribution in [3.8, 4) is 0 Å². The molecule has 1 amide bonds. The highest BCUT2D eigenvalue weighted by atomic mass is 19.1. The smallest absolute Gasteiger partial charge is 0.407 e. The summed E-state index contributed by atoms with van der Waals surface area (Å²) in [4.78, 5) is 13.1. The molecule has 2 fully saturated rings. The molecular weight excluding hydrogens is 331 g/mol. The van der Waals surface area contributed by atoms with Crippen molar-refractivity contribution in [2.45, 2.75) is 50.2 Å². The minimum absolute atomic E-state index is 0.0126. The summed E-state index contributed by atoms with van der Waals surface area (Å²) in [6.07, 6.45) is 2.54. The van der Waals surface area contributed by atoms with Crippen molar-refractivity contribution in [3.05, 3.63) is 11.9 Å². The van der Waals surface area contributed by atoms with Crippen LogP contribution in [0.5, 0.6) is 0 Å². The molecule has 1 saturated heterocycles. The first kappa shape index (κ1) is 16.7. The maximum absolute atomic E-state index is 13.9. The first-order chi connectivity index (χ1) is 12.2. The number of hydrogen-bond acceptors (Lipinski definition) is 7. The minimum atomic E-state index is -1.25. The lowest BCUT2D eigenvalue weighted by atomic mass is 9.79. The summed E-state index contributed by atoms with van der Waals surface area (Å²) in [6, 6.07) is 0.404. The van der Waals surface area contributed by atoms with Gasteiger partial charge in [0.2, 0.25) is 0 Å². The number of fused-ring (bicyclic) bond motifs is 4. The van der Waals surface area contributed by atoms with Crippen LogP contribution in [0.3, 0.4) is 0 Å². The van der Waals surface area contributed by atoms with Gasteiger partial charge in [0.15, 0.2) is 0 Å². The Kier molecular flexibility index (Phi) is 4.82. The van der Waals surface area contributed by atoms with Crippen LogP contribution in [0.1, 0.15) is 31.0 Å². The number of hydrogen-bond donors (Lipinski definition) is 3. The summed E-state index contributed by atoms with van der Waals surface area (Å²) in [7, 11) is 0. The number of alkyl carbamates (subject to hydrolysis) is 1. The van der Waals surface area contributed by atoms with Crippen molar-refractivity contribution < 1.29 is 18.7 Å². The van der Waals surface area contributed by atoms with Crippen molar-refractivity contribution in [1.29, 1.82) is 0 Å². The SMILES string of the molecule is O=C1NC[C@@H](F)COC2CCC3NNC(c4cnn(n4)CCO1)C3C2. The number of aromatic nitrogens is 3. The van der Waals surface area contributed by atoms with Crippen LogP contribution in [-0.4, -0.2) is 59.2 Å². The minimum Gasteiger partial charge on any atom is -0.448 e.